The number of carbonyl (C=O) groups excluding carboxylic acids is 1. The van der Waals surface area contributed by atoms with Gasteiger partial charge in [0.05, 0.1) is 0 Å². The lowest BCUT2D eigenvalue weighted by atomic mass is 9.93. The molecule has 1 N–H and O–H groups in total. The van der Waals surface area contributed by atoms with E-state index in [1.807, 2.05) is 18.2 Å². The molecule has 3 heteroatoms. The highest BCUT2D eigenvalue weighted by atomic mass is 16.5. The molecule has 1 aromatic carbocycles. The fourth-order valence-corrected chi connectivity index (χ4v) is 2.08. The maximum absolute atomic E-state index is 11.1. The molecular formula is C15H22O3. The smallest absolute Gasteiger partial charge is 0.302 e. The number of hydrogen-bond acceptors (Lipinski definition) is 3. The largest absolute Gasteiger partial charge is 0.462 e. The summed E-state index contributed by atoms with van der Waals surface area (Å²) in [6, 6.07) is 10.2. The van der Waals surface area contributed by atoms with Crippen LogP contribution in [0, 0.1) is 5.92 Å². The van der Waals surface area contributed by atoms with Crippen LogP contribution >= 0.6 is 0 Å². The van der Waals surface area contributed by atoms with Crippen LogP contribution in [0.1, 0.15) is 32.3 Å². The van der Waals surface area contributed by atoms with E-state index in [9.17, 15) is 4.79 Å². The Labute approximate surface area is 109 Å². The third-order valence-electron chi connectivity index (χ3n) is 3.00. The highest BCUT2D eigenvalue weighted by Crippen LogP contribution is 2.18. The van der Waals surface area contributed by atoms with E-state index in [1.165, 1.54) is 12.5 Å². The number of hydrogen-bond donors (Lipinski definition) is 1. The SMILES string of the molecule is CC(=O)OC(CCCO)C(C)Cc1ccccc1. The minimum atomic E-state index is -0.252. The van der Waals surface area contributed by atoms with E-state index in [-0.39, 0.29) is 24.6 Å². The van der Waals surface area contributed by atoms with Gasteiger partial charge in [0.1, 0.15) is 6.10 Å². The van der Waals surface area contributed by atoms with Gasteiger partial charge in [-0.2, -0.15) is 0 Å². The number of aliphatic hydroxyl groups is 1. The third kappa shape index (κ3) is 5.32. The summed E-state index contributed by atoms with van der Waals surface area (Å²) < 4.78 is 5.34. The number of rotatable bonds is 7. The average Bonchev–Trinajstić information content (AvgIpc) is 2.35. The van der Waals surface area contributed by atoms with Gasteiger partial charge in [-0.05, 0) is 30.7 Å². The summed E-state index contributed by atoms with van der Waals surface area (Å²) in [6.07, 6.45) is 2.14. The predicted molar refractivity (Wildman–Crippen MR) is 71.2 cm³/mol. The van der Waals surface area contributed by atoms with Crippen molar-refractivity contribution in [1.82, 2.24) is 0 Å². The Kier molecular flexibility index (Phi) is 6.44. The van der Waals surface area contributed by atoms with Crippen LogP contribution in [0.4, 0.5) is 0 Å². The van der Waals surface area contributed by atoms with Crippen LogP contribution in [0.2, 0.25) is 0 Å². The maximum atomic E-state index is 11.1. The Hall–Kier alpha value is -1.35. The molecule has 0 heterocycles. The van der Waals surface area contributed by atoms with Crippen LogP contribution in [0.25, 0.3) is 0 Å². The molecule has 0 spiro atoms. The summed E-state index contributed by atoms with van der Waals surface area (Å²) >= 11 is 0. The molecular weight excluding hydrogens is 228 g/mol. The summed E-state index contributed by atoms with van der Waals surface area (Å²) in [5, 5.41) is 8.88. The Morgan fingerprint density at radius 2 is 2.00 bits per heavy atom. The average molecular weight is 250 g/mol. The molecule has 0 fully saturated rings. The van der Waals surface area contributed by atoms with Gasteiger partial charge in [-0.25, -0.2) is 0 Å². The van der Waals surface area contributed by atoms with Crippen molar-refractivity contribution in [1.29, 1.82) is 0 Å². The van der Waals surface area contributed by atoms with Gasteiger partial charge in [-0.3, -0.25) is 4.79 Å². The second-order valence-electron chi connectivity index (χ2n) is 4.68. The second-order valence-corrected chi connectivity index (χ2v) is 4.68. The molecule has 0 radical (unpaired) electrons. The van der Waals surface area contributed by atoms with Crippen LogP contribution in [-0.2, 0) is 16.0 Å². The fraction of sp³-hybridized carbons (Fsp3) is 0.533. The molecule has 3 nitrogen and oxygen atoms in total. The molecule has 100 valence electrons. The number of benzene rings is 1. The van der Waals surface area contributed by atoms with Gasteiger partial charge in [0.15, 0.2) is 0 Å². The van der Waals surface area contributed by atoms with Crippen molar-refractivity contribution in [3.8, 4) is 0 Å². The molecule has 2 atom stereocenters. The van der Waals surface area contributed by atoms with Gasteiger partial charge >= 0.3 is 5.97 Å². The Morgan fingerprint density at radius 3 is 2.56 bits per heavy atom. The quantitative estimate of drug-likeness (QED) is 0.756. The topological polar surface area (TPSA) is 46.5 Å². The Bertz CT molecular complexity index is 348. The van der Waals surface area contributed by atoms with Crippen molar-refractivity contribution in [3.05, 3.63) is 35.9 Å². The van der Waals surface area contributed by atoms with Crippen molar-refractivity contribution in [2.45, 2.75) is 39.2 Å². The molecule has 0 saturated carbocycles. The molecule has 0 amide bonds. The van der Waals surface area contributed by atoms with Crippen molar-refractivity contribution in [2.75, 3.05) is 6.61 Å². The molecule has 0 aliphatic heterocycles. The minimum absolute atomic E-state index is 0.116. The van der Waals surface area contributed by atoms with E-state index in [0.29, 0.717) is 12.8 Å². The third-order valence-corrected chi connectivity index (χ3v) is 3.00. The van der Waals surface area contributed by atoms with Gasteiger partial charge in [-0.15, -0.1) is 0 Å². The van der Waals surface area contributed by atoms with E-state index in [2.05, 4.69) is 19.1 Å². The zero-order chi connectivity index (χ0) is 13.4. The lowest BCUT2D eigenvalue weighted by Crippen LogP contribution is -2.26. The highest BCUT2D eigenvalue weighted by molar-refractivity contribution is 5.66. The summed E-state index contributed by atoms with van der Waals surface area (Å²) in [6.45, 7) is 3.65. The normalized spacial score (nSPS) is 13.9. The lowest BCUT2D eigenvalue weighted by Gasteiger charge is -2.23. The van der Waals surface area contributed by atoms with Crippen molar-refractivity contribution in [2.24, 2.45) is 5.92 Å². The molecule has 0 saturated heterocycles. The molecule has 1 aromatic rings. The van der Waals surface area contributed by atoms with Crippen molar-refractivity contribution < 1.29 is 14.6 Å². The summed E-state index contributed by atoms with van der Waals surface area (Å²) in [4.78, 5) is 11.1. The minimum Gasteiger partial charge on any atom is -0.462 e. The molecule has 1 rings (SSSR count). The number of aliphatic hydroxyl groups excluding tert-OH is 1. The van der Waals surface area contributed by atoms with E-state index >= 15 is 0 Å². The first kappa shape index (κ1) is 14.7. The van der Waals surface area contributed by atoms with Gasteiger partial charge in [0.2, 0.25) is 0 Å². The van der Waals surface area contributed by atoms with E-state index in [1.54, 1.807) is 0 Å². The van der Waals surface area contributed by atoms with E-state index < -0.39 is 0 Å². The van der Waals surface area contributed by atoms with Crippen molar-refractivity contribution in [3.63, 3.8) is 0 Å². The van der Waals surface area contributed by atoms with Crippen LogP contribution < -0.4 is 0 Å². The summed E-state index contributed by atoms with van der Waals surface area (Å²) in [7, 11) is 0. The van der Waals surface area contributed by atoms with E-state index in [0.717, 1.165) is 6.42 Å². The first-order valence-electron chi connectivity index (χ1n) is 6.45. The van der Waals surface area contributed by atoms with Crippen LogP contribution in [0.15, 0.2) is 30.3 Å². The Morgan fingerprint density at radius 1 is 1.33 bits per heavy atom. The summed E-state index contributed by atoms with van der Waals surface area (Å²) in [5.41, 5.74) is 1.24. The molecule has 0 aromatic heterocycles. The molecule has 0 aliphatic carbocycles. The van der Waals surface area contributed by atoms with Crippen molar-refractivity contribution >= 4 is 5.97 Å². The lowest BCUT2D eigenvalue weighted by molar-refractivity contribution is -0.149. The van der Waals surface area contributed by atoms with Gasteiger partial charge in [0, 0.05) is 13.5 Å². The number of esters is 1. The van der Waals surface area contributed by atoms with Crippen LogP contribution in [0.5, 0.6) is 0 Å². The fourth-order valence-electron chi connectivity index (χ4n) is 2.08. The first-order chi connectivity index (χ1) is 8.63. The Balaban J connectivity index is 2.57. The molecule has 18 heavy (non-hydrogen) atoms. The maximum Gasteiger partial charge on any atom is 0.302 e. The number of ether oxygens (including phenoxy) is 1. The molecule has 2 unspecified atom stereocenters. The second kappa shape index (κ2) is 7.88. The predicted octanol–water partition coefficient (Wildman–Crippen LogP) is 2.57. The van der Waals surface area contributed by atoms with E-state index in [4.69, 9.17) is 9.84 Å². The van der Waals surface area contributed by atoms with Crippen LogP contribution in [0.3, 0.4) is 0 Å². The first-order valence-corrected chi connectivity index (χ1v) is 6.45. The van der Waals surface area contributed by atoms with Gasteiger partial charge in [-0.1, -0.05) is 37.3 Å². The van der Waals surface area contributed by atoms with Gasteiger partial charge < -0.3 is 9.84 Å². The molecule has 0 aliphatic rings. The summed E-state index contributed by atoms with van der Waals surface area (Å²) in [5.74, 6) is 0.000650. The highest BCUT2D eigenvalue weighted by Gasteiger charge is 2.20. The van der Waals surface area contributed by atoms with Gasteiger partial charge in [0.25, 0.3) is 0 Å². The van der Waals surface area contributed by atoms with Crippen LogP contribution in [-0.4, -0.2) is 23.8 Å². The zero-order valence-corrected chi connectivity index (χ0v) is 11.1. The monoisotopic (exact) mass is 250 g/mol. The zero-order valence-electron chi connectivity index (χ0n) is 11.1. The molecule has 0 bridgehead atoms. The standard InChI is InChI=1S/C15H22O3/c1-12(11-14-7-4-3-5-8-14)15(9-6-10-16)18-13(2)17/h3-5,7-8,12,15-16H,6,9-11H2,1-2H3. The number of carbonyl (C=O) groups is 1.